The fourth-order valence-corrected chi connectivity index (χ4v) is 8.23. The first-order valence-electron chi connectivity index (χ1n) is 16.8. The van der Waals surface area contributed by atoms with Gasteiger partial charge >= 0.3 is 0 Å². The summed E-state index contributed by atoms with van der Waals surface area (Å²) in [5, 5.41) is 0. The molecule has 1 aliphatic carbocycles. The monoisotopic (exact) mass is 613 g/mol. The van der Waals surface area contributed by atoms with Gasteiger partial charge in [0, 0.05) is 26.6 Å². The summed E-state index contributed by atoms with van der Waals surface area (Å²) in [4.78, 5) is 5.18. The van der Waals surface area contributed by atoms with Crippen LogP contribution in [0.15, 0.2) is 130 Å². The average molecular weight is 614 g/mol. The molecule has 0 fully saturated rings. The lowest BCUT2D eigenvalue weighted by atomic mass is 9.77. The molecule has 0 saturated carbocycles. The maximum atomic E-state index is 2.48. The van der Waals surface area contributed by atoms with Gasteiger partial charge in [-0.25, -0.2) is 0 Å². The number of anilines is 2. The first-order chi connectivity index (χ1) is 21.6. The smallest absolute Gasteiger partial charge is 0.0600 e. The number of fused-ring (bicyclic) bond motifs is 2. The average Bonchev–Trinajstić information content (AvgIpc) is 3.11. The minimum atomic E-state index is -0.0777. The van der Waals surface area contributed by atoms with Crippen molar-refractivity contribution in [1.82, 2.24) is 0 Å². The van der Waals surface area contributed by atoms with Crippen LogP contribution in [0.5, 0.6) is 0 Å². The van der Waals surface area contributed by atoms with E-state index < -0.39 is 0 Å². The van der Waals surface area contributed by atoms with Crippen molar-refractivity contribution >= 4 is 28.7 Å². The SMILES string of the molecule is CCC/C=C(\CC)c1ccc(N(/C(C)=C/C=C2/C/C=C\C=C/CC(C)(C)C2)c2cccc3c2Sc2ccccc2C3(C)C)cc1. The van der Waals surface area contributed by atoms with Gasteiger partial charge in [0.1, 0.15) is 0 Å². The van der Waals surface area contributed by atoms with Crippen molar-refractivity contribution in [3.8, 4) is 0 Å². The van der Waals surface area contributed by atoms with Crippen LogP contribution in [0, 0.1) is 5.41 Å². The van der Waals surface area contributed by atoms with Gasteiger partial charge in [0.25, 0.3) is 0 Å². The molecule has 3 aromatic rings. The van der Waals surface area contributed by atoms with Crippen molar-refractivity contribution in [2.24, 2.45) is 5.41 Å². The Hall–Kier alpha value is -3.49. The Kier molecular flexibility index (Phi) is 10.4. The van der Waals surface area contributed by atoms with E-state index in [1.807, 2.05) is 11.8 Å². The maximum Gasteiger partial charge on any atom is 0.0600 e. The van der Waals surface area contributed by atoms with Crippen LogP contribution >= 0.6 is 11.8 Å². The molecule has 0 radical (unpaired) electrons. The molecule has 2 aliphatic rings. The lowest BCUT2D eigenvalue weighted by Crippen LogP contribution is -2.25. The summed E-state index contributed by atoms with van der Waals surface area (Å²) in [6.07, 6.45) is 22.7. The zero-order chi connectivity index (χ0) is 32.0. The van der Waals surface area contributed by atoms with E-state index in [2.05, 4.69) is 163 Å². The molecule has 1 nitrogen and oxygen atoms in total. The summed E-state index contributed by atoms with van der Waals surface area (Å²) in [5.41, 5.74) is 10.9. The molecular formula is C43H51NS. The maximum absolute atomic E-state index is 2.48. The van der Waals surface area contributed by atoms with Crippen LogP contribution in [-0.4, -0.2) is 0 Å². The lowest BCUT2D eigenvalue weighted by Gasteiger charge is -2.37. The molecule has 2 heteroatoms. The van der Waals surface area contributed by atoms with Gasteiger partial charge in [0.05, 0.1) is 5.69 Å². The highest BCUT2D eigenvalue weighted by Crippen LogP contribution is 2.53. The molecule has 0 unspecified atom stereocenters. The quantitative estimate of drug-likeness (QED) is 0.249. The molecular weight excluding hydrogens is 563 g/mol. The van der Waals surface area contributed by atoms with E-state index in [9.17, 15) is 0 Å². The number of rotatable bonds is 8. The second-order valence-corrected chi connectivity index (χ2v) is 14.9. The fraction of sp³-hybridized carbons (Fsp3) is 0.349. The molecule has 0 spiro atoms. The molecule has 0 atom stereocenters. The Bertz CT molecular complexity index is 1640. The molecule has 3 aromatic carbocycles. The highest BCUT2D eigenvalue weighted by molar-refractivity contribution is 7.99. The normalized spacial score (nSPS) is 19.9. The molecule has 0 saturated heterocycles. The number of hydrogen-bond acceptors (Lipinski definition) is 2. The van der Waals surface area contributed by atoms with E-state index >= 15 is 0 Å². The molecule has 0 N–H and O–H groups in total. The Morgan fingerprint density at radius 1 is 0.867 bits per heavy atom. The minimum Gasteiger partial charge on any atom is -0.313 e. The number of nitrogens with zero attached hydrogens (tertiary/aromatic N) is 1. The van der Waals surface area contributed by atoms with Gasteiger partial charge in [-0.3, -0.25) is 0 Å². The molecule has 5 rings (SSSR count). The summed E-state index contributed by atoms with van der Waals surface area (Å²) in [5.74, 6) is 0. The van der Waals surface area contributed by atoms with E-state index in [0.29, 0.717) is 0 Å². The van der Waals surface area contributed by atoms with Crippen LogP contribution in [0.2, 0.25) is 0 Å². The van der Waals surface area contributed by atoms with Crippen molar-refractivity contribution in [3.05, 3.63) is 137 Å². The summed E-state index contributed by atoms with van der Waals surface area (Å²) in [6.45, 7) is 16.3. The third kappa shape index (κ3) is 7.50. The van der Waals surface area contributed by atoms with Gasteiger partial charge in [-0.05, 0) is 97.0 Å². The Morgan fingerprint density at radius 3 is 2.36 bits per heavy atom. The van der Waals surface area contributed by atoms with Gasteiger partial charge in [0.15, 0.2) is 0 Å². The Balaban J connectivity index is 1.62. The Labute approximate surface area is 277 Å². The van der Waals surface area contributed by atoms with Crippen molar-refractivity contribution in [2.75, 3.05) is 4.90 Å². The standard InChI is InChI=1S/C43H51NS/c1-8-10-19-34(9-2)35-26-28-36(29-27-35)44(32(3)24-25-33-18-13-11-12-16-30-42(4,5)31-33)39-22-17-21-38-41(39)45-40-23-15-14-20-37(40)43(38,6)7/h11-17,19-29H,8-10,18,30-31H2,1-7H3/b13-11-,16-12-,32-24+,33-25-,34-19+. The topological polar surface area (TPSA) is 3.24 Å². The van der Waals surface area contributed by atoms with Crippen LogP contribution in [0.1, 0.15) is 104 Å². The van der Waals surface area contributed by atoms with E-state index in [4.69, 9.17) is 0 Å². The van der Waals surface area contributed by atoms with E-state index in [0.717, 1.165) is 32.1 Å². The zero-order valence-corrected chi connectivity index (χ0v) is 29.3. The van der Waals surface area contributed by atoms with Crippen molar-refractivity contribution in [2.45, 2.75) is 102 Å². The molecule has 45 heavy (non-hydrogen) atoms. The Morgan fingerprint density at radius 2 is 1.60 bits per heavy atom. The minimum absolute atomic E-state index is 0.0777. The van der Waals surface area contributed by atoms with E-state index in [1.54, 1.807) is 0 Å². The van der Waals surface area contributed by atoms with Gasteiger partial charge in [-0.2, -0.15) is 0 Å². The summed E-state index contributed by atoms with van der Waals surface area (Å²) >= 11 is 1.92. The van der Waals surface area contributed by atoms with E-state index in [-0.39, 0.29) is 10.8 Å². The zero-order valence-electron chi connectivity index (χ0n) is 28.5. The van der Waals surface area contributed by atoms with Crippen molar-refractivity contribution in [1.29, 1.82) is 0 Å². The lowest BCUT2D eigenvalue weighted by molar-refractivity contribution is 0.366. The van der Waals surface area contributed by atoms with Crippen LogP contribution in [0.4, 0.5) is 11.4 Å². The molecule has 0 aromatic heterocycles. The number of allylic oxidation sites excluding steroid dienone is 10. The van der Waals surface area contributed by atoms with Crippen LogP contribution in [0.3, 0.4) is 0 Å². The molecule has 1 aliphatic heterocycles. The third-order valence-corrected chi connectivity index (χ3v) is 10.5. The number of benzene rings is 3. The second kappa shape index (κ2) is 14.3. The van der Waals surface area contributed by atoms with Crippen molar-refractivity contribution < 1.29 is 0 Å². The molecule has 234 valence electrons. The largest absolute Gasteiger partial charge is 0.313 e. The summed E-state index contributed by atoms with van der Waals surface area (Å²) in [7, 11) is 0. The predicted molar refractivity (Wildman–Crippen MR) is 199 cm³/mol. The molecule has 0 bridgehead atoms. The van der Waals surface area contributed by atoms with Crippen molar-refractivity contribution in [3.63, 3.8) is 0 Å². The molecule has 0 amide bonds. The number of unbranched alkanes of at least 4 members (excludes halogenated alkanes) is 1. The number of hydrogen-bond donors (Lipinski definition) is 0. The molecule has 1 heterocycles. The first-order valence-corrected chi connectivity index (χ1v) is 17.6. The van der Waals surface area contributed by atoms with Gasteiger partial charge in [0.2, 0.25) is 0 Å². The highest BCUT2D eigenvalue weighted by atomic mass is 32.2. The third-order valence-electron chi connectivity index (χ3n) is 9.29. The van der Waals surface area contributed by atoms with Gasteiger partial charge in [-0.1, -0.05) is 144 Å². The fourth-order valence-electron chi connectivity index (χ4n) is 6.73. The summed E-state index contributed by atoms with van der Waals surface area (Å²) in [6, 6.07) is 25.1. The predicted octanol–water partition coefficient (Wildman–Crippen LogP) is 13.4. The van der Waals surface area contributed by atoms with Gasteiger partial charge < -0.3 is 4.90 Å². The summed E-state index contributed by atoms with van der Waals surface area (Å²) < 4.78 is 0. The van der Waals surface area contributed by atoms with Crippen LogP contribution in [0.25, 0.3) is 5.57 Å². The highest BCUT2D eigenvalue weighted by Gasteiger charge is 2.35. The second-order valence-electron chi connectivity index (χ2n) is 13.9. The van der Waals surface area contributed by atoms with Crippen LogP contribution in [-0.2, 0) is 5.41 Å². The van der Waals surface area contributed by atoms with E-state index in [1.165, 1.54) is 61.1 Å². The van der Waals surface area contributed by atoms with Gasteiger partial charge in [-0.15, -0.1) is 0 Å². The van der Waals surface area contributed by atoms with Crippen LogP contribution < -0.4 is 4.90 Å². The first kappa shape index (κ1) is 32.9.